The van der Waals surface area contributed by atoms with E-state index in [0.717, 1.165) is 34.0 Å². The van der Waals surface area contributed by atoms with Crippen LogP contribution in [0.3, 0.4) is 0 Å². The van der Waals surface area contributed by atoms with Crippen molar-refractivity contribution in [2.45, 2.75) is 24.9 Å². The molecule has 0 saturated carbocycles. The van der Waals surface area contributed by atoms with Crippen LogP contribution in [0, 0.1) is 15.9 Å². The van der Waals surface area contributed by atoms with Gasteiger partial charge in [0.2, 0.25) is 5.16 Å². The van der Waals surface area contributed by atoms with Crippen molar-refractivity contribution < 1.29 is 19.4 Å². The van der Waals surface area contributed by atoms with E-state index in [1.54, 1.807) is 18.2 Å². The van der Waals surface area contributed by atoms with E-state index in [2.05, 4.69) is 43.7 Å². The first-order valence-corrected chi connectivity index (χ1v) is 9.85. The minimum atomic E-state index is -1.07. The molecule has 1 aromatic carbocycles. The molecule has 9 heteroatoms. The number of H-pyrrole nitrogens is 1. The molecular weight excluding hydrogens is 481 g/mol. The predicted molar refractivity (Wildman–Crippen MR) is 112 cm³/mol. The monoisotopic (exact) mass is 499 g/mol. The first kappa shape index (κ1) is 21.1. The Hall–Kier alpha value is -2.19. The van der Waals surface area contributed by atoms with Gasteiger partial charge in [0.05, 0.1) is 10.7 Å². The van der Waals surface area contributed by atoms with Crippen LogP contribution in [0.5, 0.6) is 11.5 Å². The number of nitrogens with one attached hydrogen (secondary N) is 1. The number of terminal acetylenes is 1. The fourth-order valence-corrected chi connectivity index (χ4v) is 3.64. The van der Waals surface area contributed by atoms with Crippen LogP contribution < -0.4 is 9.47 Å². The Morgan fingerprint density at radius 2 is 2.30 bits per heavy atom. The van der Waals surface area contributed by atoms with E-state index in [4.69, 9.17) is 15.9 Å². The third-order valence-corrected chi connectivity index (χ3v) is 4.94. The van der Waals surface area contributed by atoms with Crippen LogP contribution in [0.1, 0.15) is 24.7 Å². The molecule has 7 nitrogen and oxygen atoms in total. The van der Waals surface area contributed by atoms with Crippen molar-refractivity contribution in [2.75, 3.05) is 13.7 Å². The first-order valence-electron chi connectivity index (χ1n) is 7.96. The summed E-state index contributed by atoms with van der Waals surface area (Å²) in [5.74, 6) is 3.07. The molecule has 2 aromatic rings. The number of hydrogen-bond acceptors (Lipinski definition) is 6. The van der Waals surface area contributed by atoms with Gasteiger partial charge in [-0.15, -0.1) is 11.5 Å². The average Bonchev–Trinajstić information content (AvgIpc) is 3.07. The summed E-state index contributed by atoms with van der Waals surface area (Å²) in [4.78, 5) is 16.0. The summed E-state index contributed by atoms with van der Waals surface area (Å²) in [6, 6.07) is 3.48. The van der Waals surface area contributed by atoms with E-state index in [-0.39, 0.29) is 11.5 Å². The Labute approximate surface area is 175 Å². The van der Waals surface area contributed by atoms with Crippen LogP contribution in [0.25, 0.3) is 6.08 Å². The average molecular weight is 499 g/mol. The molecule has 2 N–H and O–H groups in total. The van der Waals surface area contributed by atoms with Crippen LogP contribution in [0.15, 0.2) is 22.2 Å². The first-order chi connectivity index (χ1) is 13.0. The Bertz CT molecular complexity index is 889. The summed E-state index contributed by atoms with van der Waals surface area (Å²) in [6.07, 6.45) is 8.45. The molecule has 27 heavy (non-hydrogen) atoms. The molecule has 0 saturated heterocycles. The van der Waals surface area contributed by atoms with Crippen molar-refractivity contribution in [3.8, 4) is 23.8 Å². The van der Waals surface area contributed by atoms with E-state index in [9.17, 15) is 9.90 Å². The van der Waals surface area contributed by atoms with Crippen molar-refractivity contribution >= 4 is 46.4 Å². The number of carboxylic acid groups (broad SMARTS) is 1. The second-order valence-electron chi connectivity index (χ2n) is 5.26. The quantitative estimate of drug-likeness (QED) is 0.236. The normalized spacial score (nSPS) is 11.1. The number of thioether (sulfide) groups is 1. The SMILES string of the molecule is C#CCOc1c(I)cc(/C=C(\Sc2n[nH]c(CCC)n2)C(=O)O)cc1OC. The minimum Gasteiger partial charge on any atom is -0.493 e. The van der Waals surface area contributed by atoms with E-state index in [1.807, 2.05) is 6.92 Å². The van der Waals surface area contributed by atoms with Gasteiger partial charge in [0.25, 0.3) is 0 Å². The summed E-state index contributed by atoms with van der Waals surface area (Å²) in [7, 11) is 1.51. The molecular formula is C18H18IN3O4S. The fourth-order valence-electron chi connectivity index (χ4n) is 2.13. The Balaban J connectivity index is 2.32. The number of rotatable bonds is 9. The molecule has 0 aliphatic rings. The lowest BCUT2D eigenvalue weighted by Crippen LogP contribution is -2.00. The molecule has 1 aromatic heterocycles. The molecule has 0 fully saturated rings. The van der Waals surface area contributed by atoms with E-state index in [1.165, 1.54) is 7.11 Å². The van der Waals surface area contributed by atoms with Crippen molar-refractivity contribution in [1.29, 1.82) is 0 Å². The van der Waals surface area contributed by atoms with E-state index < -0.39 is 5.97 Å². The van der Waals surface area contributed by atoms with Gasteiger partial charge in [-0.05, 0) is 64.5 Å². The molecule has 1 heterocycles. The van der Waals surface area contributed by atoms with Crippen LogP contribution in [-0.2, 0) is 11.2 Å². The Morgan fingerprint density at radius 3 is 2.93 bits per heavy atom. The lowest BCUT2D eigenvalue weighted by atomic mass is 10.2. The van der Waals surface area contributed by atoms with Gasteiger partial charge in [-0.25, -0.2) is 9.78 Å². The second kappa shape index (κ2) is 10.2. The highest BCUT2D eigenvalue weighted by Gasteiger charge is 2.16. The number of methoxy groups -OCH3 is 1. The lowest BCUT2D eigenvalue weighted by molar-refractivity contribution is -0.131. The molecule has 0 bridgehead atoms. The second-order valence-corrected chi connectivity index (χ2v) is 7.43. The highest BCUT2D eigenvalue weighted by molar-refractivity contribution is 14.1. The van der Waals surface area contributed by atoms with Gasteiger partial charge in [-0.1, -0.05) is 12.8 Å². The summed E-state index contributed by atoms with van der Waals surface area (Å²) < 4.78 is 11.6. The van der Waals surface area contributed by atoms with Crippen molar-refractivity contribution in [3.05, 3.63) is 32.0 Å². The van der Waals surface area contributed by atoms with Crippen molar-refractivity contribution in [2.24, 2.45) is 0 Å². The zero-order chi connectivity index (χ0) is 19.8. The van der Waals surface area contributed by atoms with E-state index >= 15 is 0 Å². The van der Waals surface area contributed by atoms with Crippen LogP contribution in [-0.4, -0.2) is 40.0 Å². The number of benzene rings is 1. The number of ether oxygens (including phenoxy) is 2. The largest absolute Gasteiger partial charge is 0.493 e. The van der Waals surface area contributed by atoms with Crippen LogP contribution >= 0.6 is 34.4 Å². The minimum absolute atomic E-state index is 0.0900. The number of aryl methyl sites for hydroxylation is 1. The van der Waals surface area contributed by atoms with Gasteiger partial charge >= 0.3 is 5.97 Å². The molecule has 0 unspecified atom stereocenters. The summed E-state index contributed by atoms with van der Waals surface area (Å²) in [6.45, 7) is 2.15. The number of hydrogen-bond donors (Lipinski definition) is 2. The van der Waals surface area contributed by atoms with Gasteiger partial charge in [-0.3, -0.25) is 5.10 Å². The van der Waals surface area contributed by atoms with Crippen LogP contribution in [0.4, 0.5) is 0 Å². The molecule has 0 amide bonds. The maximum atomic E-state index is 11.7. The molecule has 0 atom stereocenters. The van der Waals surface area contributed by atoms with Crippen molar-refractivity contribution in [3.63, 3.8) is 0 Å². The summed E-state index contributed by atoms with van der Waals surface area (Å²) in [5, 5.41) is 16.8. The number of aliphatic carboxylic acids is 1. The lowest BCUT2D eigenvalue weighted by Gasteiger charge is -2.12. The van der Waals surface area contributed by atoms with Gasteiger partial charge in [0.1, 0.15) is 17.3 Å². The van der Waals surface area contributed by atoms with Crippen molar-refractivity contribution in [1.82, 2.24) is 15.2 Å². The molecule has 0 radical (unpaired) electrons. The number of nitrogens with zero attached hydrogens (tertiary/aromatic N) is 2. The highest BCUT2D eigenvalue weighted by atomic mass is 127. The molecule has 2 rings (SSSR count). The predicted octanol–water partition coefficient (Wildman–Crippen LogP) is 3.60. The van der Waals surface area contributed by atoms with Gasteiger partial charge in [0.15, 0.2) is 11.5 Å². The maximum absolute atomic E-state index is 11.7. The molecule has 142 valence electrons. The standard InChI is InChI=1S/C18H18IN3O4S/c1-4-6-15-20-18(22-21-15)27-14(17(23)24)10-11-8-12(19)16(26-7-5-2)13(9-11)25-3/h2,8-10H,4,6-7H2,1,3H3,(H,23,24)(H,20,21,22)/b14-10-. The summed E-state index contributed by atoms with van der Waals surface area (Å²) in [5.41, 5.74) is 0.651. The van der Waals surface area contributed by atoms with Gasteiger partial charge < -0.3 is 14.6 Å². The number of aromatic amines is 1. The number of carboxylic acids is 1. The van der Waals surface area contributed by atoms with E-state index in [0.29, 0.717) is 22.2 Å². The number of aromatic nitrogens is 3. The van der Waals surface area contributed by atoms with Crippen LogP contribution in [0.2, 0.25) is 0 Å². The fraction of sp³-hybridized carbons (Fsp3) is 0.278. The molecule has 0 spiro atoms. The maximum Gasteiger partial charge on any atom is 0.342 e. The Morgan fingerprint density at radius 1 is 1.52 bits per heavy atom. The zero-order valence-corrected chi connectivity index (χ0v) is 17.8. The third kappa shape index (κ3) is 5.90. The third-order valence-electron chi connectivity index (χ3n) is 3.26. The van der Waals surface area contributed by atoms with Gasteiger partial charge in [-0.2, -0.15) is 0 Å². The molecule has 0 aliphatic heterocycles. The number of carbonyl (C=O) groups is 1. The number of halogens is 1. The molecule has 0 aliphatic carbocycles. The summed E-state index contributed by atoms with van der Waals surface area (Å²) >= 11 is 3.07. The highest BCUT2D eigenvalue weighted by Crippen LogP contribution is 2.35. The topological polar surface area (TPSA) is 97.3 Å². The van der Waals surface area contributed by atoms with Gasteiger partial charge in [0, 0.05) is 6.42 Å². The Kier molecular flexibility index (Phi) is 7.99. The zero-order valence-electron chi connectivity index (χ0n) is 14.8. The smallest absolute Gasteiger partial charge is 0.342 e.